The zero-order chi connectivity index (χ0) is 15.4. The van der Waals surface area contributed by atoms with Gasteiger partial charge in [0.25, 0.3) is 11.6 Å². The standard InChI is InChI=1S/C15H12N2O4/c1-10(18)13-4-2-3-5-14(13)16-15(19)11-6-8-12(9-7-11)17(20)21/h2-9H,1H3,(H,16,19). The highest BCUT2D eigenvalue weighted by Crippen LogP contribution is 2.18. The van der Waals surface area contributed by atoms with E-state index in [0.717, 1.165) is 0 Å². The first-order valence-corrected chi connectivity index (χ1v) is 6.15. The summed E-state index contributed by atoms with van der Waals surface area (Å²) in [6.07, 6.45) is 0. The molecule has 106 valence electrons. The lowest BCUT2D eigenvalue weighted by Gasteiger charge is -2.08. The van der Waals surface area contributed by atoms with Crippen LogP contribution < -0.4 is 5.32 Å². The van der Waals surface area contributed by atoms with Crippen molar-refractivity contribution in [1.82, 2.24) is 0 Å². The Morgan fingerprint density at radius 2 is 1.67 bits per heavy atom. The van der Waals surface area contributed by atoms with Crippen molar-refractivity contribution in [2.45, 2.75) is 6.92 Å². The van der Waals surface area contributed by atoms with E-state index in [4.69, 9.17) is 0 Å². The minimum Gasteiger partial charge on any atom is -0.321 e. The predicted octanol–water partition coefficient (Wildman–Crippen LogP) is 3.05. The largest absolute Gasteiger partial charge is 0.321 e. The van der Waals surface area contributed by atoms with Crippen LogP contribution in [0.3, 0.4) is 0 Å². The molecule has 6 heteroatoms. The van der Waals surface area contributed by atoms with Gasteiger partial charge in [-0.2, -0.15) is 0 Å². The Morgan fingerprint density at radius 3 is 2.24 bits per heavy atom. The maximum atomic E-state index is 12.1. The van der Waals surface area contributed by atoms with Gasteiger partial charge in [0.1, 0.15) is 0 Å². The third kappa shape index (κ3) is 3.30. The molecular formula is C15H12N2O4. The Labute approximate surface area is 120 Å². The maximum absolute atomic E-state index is 12.1. The SMILES string of the molecule is CC(=O)c1ccccc1NC(=O)c1ccc([N+](=O)[O-])cc1. The van der Waals surface area contributed by atoms with Crippen molar-refractivity contribution < 1.29 is 14.5 Å². The number of carbonyl (C=O) groups is 2. The number of benzene rings is 2. The molecule has 0 heterocycles. The van der Waals surface area contributed by atoms with Crippen LogP contribution in [0.5, 0.6) is 0 Å². The first-order valence-electron chi connectivity index (χ1n) is 6.15. The van der Waals surface area contributed by atoms with Crippen molar-refractivity contribution in [2.75, 3.05) is 5.32 Å². The van der Waals surface area contributed by atoms with E-state index in [1.807, 2.05) is 0 Å². The number of non-ortho nitro benzene ring substituents is 1. The van der Waals surface area contributed by atoms with E-state index < -0.39 is 10.8 Å². The Balaban J connectivity index is 2.22. The van der Waals surface area contributed by atoms with Gasteiger partial charge >= 0.3 is 0 Å². The zero-order valence-corrected chi connectivity index (χ0v) is 11.2. The van der Waals surface area contributed by atoms with Gasteiger partial charge < -0.3 is 5.32 Å². The average molecular weight is 284 g/mol. The lowest BCUT2D eigenvalue weighted by Crippen LogP contribution is -2.14. The second-order valence-corrected chi connectivity index (χ2v) is 4.36. The number of nitrogens with one attached hydrogen (secondary N) is 1. The number of rotatable bonds is 4. The number of Topliss-reactive ketones (excluding diaryl/α,β-unsaturated/α-hetero) is 1. The summed E-state index contributed by atoms with van der Waals surface area (Å²) in [4.78, 5) is 33.6. The summed E-state index contributed by atoms with van der Waals surface area (Å²) in [5.74, 6) is -0.590. The molecule has 0 spiro atoms. The monoisotopic (exact) mass is 284 g/mol. The number of nitrogens with zero attached hydrogens (tertiary/aromatic N) is 1. The molecule has 0 saturated carbocycles. The normalized spacial score (nSPS) is 9.95. The van der Waals surface area contributed by atoms with Crippen molar-refractivity contribution in [3.8, 4) is 0 Å². The number of hydrogen-bond acceptors (Lipinski definition) is 4. The number of ketones is 1. The lowest BCUT2D eigenvalue weighted by molar-refractivity contribution is -0.384. The highest BCUT2D eigenvalue weighted by atomic mass is 16.6. The fraction of sp³-hybridized carbons (Fsp3) is 0.0667. The fourth-order valence-corrected chi connectivity index (χ4v) is 1.83. The minimum atomic E-state index is -0.535. The van der Waals surface area contributed by atoms with E-state index in [9.17, 15) is 19.7 Å². The van der Waals surface area contributed by atoms with Crippen LogP contribution in [0, 0.1) is 10.1 Å². The number of para-hydroxylation sites is 1. The molecular weight excluding hydrogens is 272 g/mol. The number of anilines is 1. The molecule has 2 rings (SSSR count). The molecule has 6 nitrogen and oxygen atoms in total. The topological polar surface area (TPSA) is 89.3 Å². The van der Waals surface area contributed by atoms with E-state index >= 15 is 0 Å². The minimum absolute atomic E-state index is 0.0873. The van der Waals surface area contributed by atoms with Gasteiger partial charge in [0.05, 0.1) is 10.6 Å². The smallest absolute Gasteiger partial charge is 0.269 e. The molecule has 21 heavy (non-hydrogen) atoms. The Morgan fingerprint density at radius 1 is 1.05 bits per heavy atom. The quantitative estimate of drug-likeness (QED) is 0.531. The summed E-state index contributed by atoms with van der Waals surface area (Å²) in [6.45, 7) is 1.41. The molecule has 0 aliphatic carbocycles. The second-order valence-electron chi connectivity index (χ2n) is 4.36. The van der Waals surface area contributed by atoms with Gasteiger partial charge in [-0.25, -0.2) is 0 Å². The van der Waals surface area contributed by atoms with Crippen LogP contribution >= 0.6 is 0 Å². The number of amides is 1. The first-order chi connectivity index (χ1) is 9.99. The lowest BCUT2D eigenvalue weighted by atomic mass is 10.1. The highest BCUT2D eigenvalue weighted by Gasteiger charge is 2.12. The predicted molar refractivity (Wildman–Crippen MR) is 77.5 cm³/mol. The van der Waals surface area contributed by atoms with E-state index in [1.165, 1.54) is 31.2 Å². The fourth-order valence-electron chi connectivity index (χ4n) is 1.83. The summed E-state index contributed by atoms with van der Waals surface area (Å²) in [5.41, 5.74) is 1.01. The van der Waals surface area contributed by atoms with Crippen LogP contribution in [0.25, 0.3) is 0 Å². The number of hydrogen-bond donors (Lipinski definition) is 1. The highest BCUT2D eigenvalue weighted by molar-refractivity contribution is 6.09. The Kier molecular flexibility index (Phi) is 4.08. The molecule has 2 aromatic carbocycles. The van der Waals surface area contributed by atoms with Crippen LogP contribution in [-0.2, 0) is 0 Å². The second kappa shape index (κ2) is 5.96. The van der Waals surface area contributed by atoms with Crippen LogP contribution in [0.2, 0.25) is 0 Å². The molecule has 2 aromatic rings. The van der Waals surface area contributed by atoms with Crippen molar-refractivity contribution >= 4 is 23.1 Å². The zero-order valence-electron chi connectivity index (χ0n) is 11.2. The van der Waals surface area contributed by atoms with Crippen molar-refractivity contribution in [3.05, 3.63) is 69.8 Å². The molecule has 0 aliphatic rings. The first kappa shape index (κ1) is 14.4. The van der Waals surface area contributed by atoms with E-state index in [0.29, 0.717) is 11.3 Å². The van der Waals surface area contributed by atoms with E-state index in [1.54, 1.807) is 24.3 Å². The van der Waals surface area contributed by atoms with Gasteiger partial charge in [0.2, 0.25) is 0 Å². The van der Waals surface area contributed by atoms with Gasteiger partial charge in [-0.05, 0) is 31.2 Å². The van der Waals surface area contributed by atoms with Crippen LogP contribution in [0.1, 0.15) is 27.6 Å². The summed E-state index contributed by atoms with van der Waals surface area (Å²) in [5, 5.41) is 13.2. The molecule has 0 aliphatic heterocycles. The molecule has 0 radical (unpaired) electrons. The molecule has 0 unspecified atom stereocenters. The third-order valence-corrected chi connectivity index (χ3v) is 2.89. The summed E-state index contributed by atoms with van der Waals surface area (Å²) in [7, 11) is 0. The van der Waals surface area contributed by atoms with Crippen LogP contribution in [-0.4, -0.2) is 16.6 Å². The summed E-state index contributed by atoms with van der Waals surface area (Å²) in [6, 6.07) is 11.9. The summed E-state index contributed by atoms with van der Waals surface area (Å²) < 4.78 is 0. The average Bonchev–Trinajstić information content (AvgIpc) is 2.47. The molecule has 1 N–H and O–H groups in total. The van der Waals surface area contributed by atoms with Gasteiger partial charge in [0.15, 0.2) is 5.78 Å². The third-order valence-electron chi connectivity index (χ3n) is 2.89. The molecule has 0 saturated heterocycles. The van der Waals surface area contributed by atoms with Gasteiger partial charge in [-0.15, -0.1) is 0 Å². The van der Waals surface area contributed by atoms with Crippen LogP contribution in [0.4, 0.5) is 11.4 Å². The molecule has 0 aromatic heterocycles. The van der Waals surface area contributed by atoms with E-state index in [-0.39, 0.29) is 17.0 Å². The Bertz CT molecular complexity index is 708. The Hall–Kier alpha value is -3.02. The summed E-state index contributed by atoms with van der Waals surface area (Å²) >= 11 is 0. The van der Waals surface area contributed by atoms with Crippen LogP contribution in [0.15, 0.2) is 48.5 Å². The van der Waals surface area contributed by atoms with Crippen molar-refractivity contribution in [2.24, 2.45) is 0 Å². The number of nitro benzene ring substituents is 1. The number of nitro groups is 1. The molecule has 0 bridgehead atoms. The van der Waals surface area contributed by atoms with Gasteiger partial charge in [-0.1, -0.05) is 12.1 Å². The molecule has 0 atom stereocenters. The maximum Gasteiger partial charge on any atom is 0.269 e. The van der Waals surface area contributed by atoms with Gasteiger partial charge in [0, 0.05) is 23.3 Å². The molecule has 0 fully saturated rings. The van der Waals surface area contributed by atoms with Crippen molar-refractivity contribution in [3.63, 3.8) is 0 Å². The number of carbonyl (C=O) groups excluding carboxylic acids is 2. The molecule has 1 amide bonds. The van der Waals surface area contributed by atoms with Gasteiger partial charge in [-0.3, -0.25) is 19.7 Å². The van der Waals surface area contributed by atoms with Crippen molar-refractivity contribution in [1.29, 1.82) is 0 Å². The van der Waals surface area contributed by atoms with E-state index in [2.05, 4.69) is 5.32 Å².